The van der Waals surface area contributed by atoms with Gasteiger partial charge >= 0.3 is 6.03 Å². The number of nitrogens with one attached hydrogen (secondary N) is 2. The number of ether oxygens (including phenoxy) is 1. The number of carbonyl (C=O) groups excluding carboxylic acids is 2. The van der Waals surface area contributed by atoms with Crippen molar-refractivity contribution in [2.24, 2.45) is 11.8 Å². The predicted molar refractivity (Wildman–Crippen MR) is 146 cm³/mol. The minimum Gasteiger partial charge on any atom is -0.373 e. The van der Waals surface area contributed by atoms with E-state index in [1.165, 1.54) is 32.1 Å². The van der Waals surface area contributed by atoms with E-state index in [1.807, 2.05) is 37.1 Å². The van der Waals surface area contributed by atoms with Crippen molar-refractivity contribution in [3.05, 3.63) is 34.9 Å². The number of ketones is 1. The van der Waals surface area contributed by atoms with Crippen LogP contribution in [0.3, 0.4) is 0 Å². The van der Waals surface area contributed by atoms with Gasteiger partial charge in [-0.3, -0.25) is 4.79 Å². The first-order chi connectivity index (χ1) is 17.5. The van der Waals surface area contributed by atoms with E-state index < -0.39 is 0 Å². The zero-order valence-corrected chi connectivity index (χ0v) is 23.0. The van der Waals surface area contributed by atoms with Crippen molar-refractivity contribution in [3.8, 4) is 0 Å². The van der Waals surface area contributed by atoms with E-state index in [2.05, 4.69) is 16.7 Å². The Balaban J connectivity index is 1.62. The zero-order chi connectivity index (χ0) is 25.8. The van der Waals surface area contributed by atoms with Gasteiger partial charge in [0.15, 0.2) is 0 Å². The Bertz CT molecular complexity index is 815. The molecular formula is C29H46ClN3O3. The highest BCUT2D eigenvalue weighted by Crippen LogP contribution is 2.34. The Kier molecular flexibility index (Phi) is 12.5. The molecule has 2 aliphatic rings. The van der Waals surface area contributed by atoms with Crippen molar-refractivity contribution in [2.75, 3.05) is 33.3 Å². The molecule has 0 radical (unpaired) electrons. The summed E-state index contributed by atoms with van der Waals surface area (Å²) in [6, 6.07) is 8.04. The fourth-order valence-corrected chi connectivity index (χ4v) is 6.02. The monoisotopic (exact) mass is 519 g/mol. The van der Waals surface area contributed by atoms with Crippen molar-refractivity contribution in [1.29, 1.82) is 0 Å². The maximum absolute atomic E-state index is 13.3. The van der Waals surface area contributed by atoms with E-state index in [4.69, 9.17) is 16.3 Å². The molecule has 7 heteroatoms. The number of likely N-dealkylation sites (N-methyl/N-ethyl adjacent to an activating group) is 1. The van der Waals surface area contributed by atoms with Crippen LogP contribution >= 0.6 is 11.6 Å². The highest BCUT2D eigenvalue weighted by atomic mass is 35.5. The number of nitrogens with zero attached hydrogens (tertiary/aromatic N) is 1. The minimum absolute atomic E-state index is 0.0362. The van der Waals surface area contributed by atoms with Crippen LogP contribution in [-0.2, 0) is 9.53 Å². The van der Waals surface area contributed by atoms with Gasteiger partial charge < -0.3 is 20.3 Å². The molecule has 2 N–H and O–H groups in total. The first-order valence-electron chi connectivity index (χ1n) is 14.1. The summed E-state index contributed by atoms with van der Waals surface area (Å²) in [4.78, 5) is 27.0. The first-order valence-corrected chi connectivity index (χ1v) is 14.5. The molecule has 1 aromatic rings. The molecule has 0 bridgehead atoms. The third kappa shape index (κ3) is 9.35. The van der Waals surface area contributed by atoms with E-state index >= 15 is 0 Å². The van der Waals surface area contributed by atoms with Crippen LogP contribution in [0.2, 0.25) is 5.02 Å². The largest absolute Gasteiger partial charge is 0.373 e. The highest BCUT2D eigenvalue weighted by Gasteiger charge is 2.32. The summed E-state index contributed by atoms with van der Waals surface area (Å²) in [5.41, 5.74) is 1.04. The average molecular weight is 520 g/mol. The molecule has 1 aromatic carbocycles. The number of likely N-dealkylation sites (tertiary alicyclic amines) is 1. The fourth-order valence-electron chi connectivity index (χ4n) is 5.82. The smallest absolute Gasteiger partial charge is 0.317 e. The summed E-state index contributed by atoms with van der Waals surface area (Å²) in [5, 5.41) is 7.30. The summed E-state index contributed by atoms with van der Waals surface area (Å²) in [5.74, 6) is 1.17. The molecule has 1 heterocycles. The second-order valence-corrected chi connectivity index (χ2v) is 11.1. The Labute approximate surface area is 222 Å². The summed E-state index contributed by atoms with van der Waals surface area (Å²) >= 11 is 6.31. The quantitative estimate of drug-likeness (QED) is 0.307. The van der Waals surface area contributed by atoms with Gasteiger partial charge in [0, 0.05) is 56.1 Å². The predicted octanol–water partition coefficient (Wildman–Crippen LogP) is 6.14. The number of hydrogen-bond donors (Lipinski definition) is 2. The van der Waals surface area contributed by atoms with E-state index in [1.54, 1.807) is 0 Å². The van der Waals surface area contributed by atoms with Crippen LogP contribution < -0.4 is 10.6 Å². The maximum Gasteiger partial charge on any atom is 0.317 e. The Hall–Kier alpha value is -1.63. The second kappa shape index (κ2) is 15.6. The van der Waals surface area contributed by atoms with Crippen molar-refractivity contribution in [2.45, 2.75) is 89.7 Å². The number of halogens is 1. The lowest BCUT2D eigenvalue weighted by molar-refractivity contribution is -0.119. The molecule has 0 spiro atoms. The molecule has 6 nitrogen and oxygen atoms in total. The molecule has 0 aromatic heterocycles. The van der Waals surface area contributed by atoms with Crippen molar-refractivity contribution >= 4 is 23.4 Å². The number of benzene rings is 1. The van der Waals surface area contributed by atoms with Gasteiger partial charge in [-0.1, -0.05) is 62.8 Å². The maximum atomic E-state index is 13.3. The zero-order valence-electron chi connectivity index (χ0n) is 22.3. The average Bonchev–Trinajstić information content (AvgIpc) is 2.89. The summed E-state index contributed by atoms with van der Waals surface area (Å²) in [7, 11) is 1.96. The van der Waals surface area contributed by atoms with Gasteiger partial charge in [-0.15, -0.1) is 0 Å². The van der Waals surface area contributed by atoms with Crippen molar-refractivity contribution in [1.82, 2.24) is 15.5 Å². The molecule has 2 amide bonds. The molecule has 1 unspecified atom stereocenters. The topological polar surface area (TPSA) is 70.7 Å². The first kappa shape index (κ1) is 28.9. The van der Waals surface area contributed by atoms with Gasteiger partial charge in [-0.25, -0.2) is 4.79 Å². The van der Waals surface area contributed by atoms with Gasteiger partial charge in [-0.05, 0) is 56.3 Å². The molecule has 1 aliphatic heterocycles. The Morgan fingerprint density at radius 3 is 2.69 bits per heavy atom. The minimum atomic E-state index is -0.147. The van der Waals surface area contributed by atoms with Crippen LogP contribution in [0.1, 0.15) is 89.2 Å². The van der Waals surface area contributed by atoms with E-state index in [0.29, 0.717) is 43.4 Å². The van der Waals surface area contributed by atoms with E-state index in [-0.39, 0.29) is 29.9 Å². The highest BCUT2D eigenvalue weighted by molar-refractivity contribution is 6.30. The van der Waals surface area contributed by atoms with Gasteiger partial charge in [0.25, 0.3) is 0 Å². The number of amides is 2. The van der Waals surface area contributed by atoms with Crippen molar-refractivity contribution in [3.63, 3.8) is 0 Å². The van der Waals surface area contributed by atoms with E-state index in [9.17, 15) is 9.59 Å². The SMILES string of the molecule is CCC(=O)CCCO[C@@H](c1cccc(Cl)c1)[C@@H]1CCCN(C(=O)NC(CNC)CC2CCCCC2)C1. The molecule has 2 fully saturated rings. The van der Waals surface area contributed by atoms with Crippen LogP contribution in [0, 0.1) is 11.8 Å². The van der Waals surface area contributed by atoms with Gasteiger partial charge in [0.2, 0.25) is 0 Å². The second-order valence-electron chi connectivity index (χ2n) is 10.6. The summed E-state index contributed by atoms with van der Waals surface area (Å²) in [6.07, 6.45) is 11.2. The van der Waals surface area contributed by atoms with Crippen molar-refractivity contribution < 1.29 is 14.3 Å². The number of rotatable bonds is 13. The molecule has 3 atom stereocenters. The lowest BCUT2D eigenvalue weighted by Gasteiger charge is -2.38. The standard InChI is InChI=1S/C29H46ClN3O3/c1-3-27(34)15-9-17-36-28(23-12-7-14-25(30)19-23)24-13-8-16-33(21-24)29(35)32-26(20-31-2)18-22-10-5-4-6-11-22/h7,12,14,19,22,24,26,28,31H,3-6,8-11,13,15-18,20-21H2,1-2H3,(H,32,35)/t24-,26?,28+/m1/s1. The third-order valence-corrected chi connectivity index (χ3v) is 8.00. The van der Waals surface area contributed by atoms with E-state index in [0.717, 1.165) is 37.9 Å². The Morgan fingerprint density at radius 1 is 1.17 bits per heavy atom. The molecule has 1 aliphatic carbocycles. The third-order valence-electron chi connectivity index (χ3n) is 7.76. The Morgan fingerprint density at radius 2 is 1.97 bits per heavy atom. The number of piperidine rings is 1. The molecular weight excluding hydrogens is 474 g/mol. The lowest BCUT2D eigenvalue weighted by Crippen LogP contribution is -2.52. The van der Waals surface area contributed by atoms with Crippen LogP contribution in [0.4, 0.5) is 4.79 Å². The van der Waals surface area contributed by atoms with Gasteiger partial charge in [0.05, 0.1) is 6.10 Å². The van der Waals surface area contributed by atoms with Crippen LogP contribution in [-0.4, -0.2) is 56.0 Å². The number of urea groups is 1. The lowest BCUT2D eigenvalue weighted by atomic mass is 9.85. The van der Waals surface area contributed by atoms with Crippen LogP contribution in [0.25, 0.3) is 0 Å². The molecule has 1 saturated carbocycles. The molecule has 1 saturated heterocycles. The summed E-state index contributed by atoms with van der Waals surface area (Å²) in [6.45, 7) is 4.65. The van der Waals surface area contributed by atoms with Gasteiger partial charge in [-0.2, -0.15) is 0 Å². The number of carbonyl (C=O) groups is 2. The number of Topliss-reactive ketones (excluding diaryl/α,β-unsaturated/α-hetero) is 1. The van der Waals surface area contributed by atoms with Crippen LogP contribution in [0.5, 0.6) is 0 Å². The van der Waals surface area contributed by atoms with Gasteiger partial charge in [0.1, 0.15) is 5.78 Å². The molecule has 36 heavy (non-hydrogen) atoms. The fraction of sp³-hybridized carbons (Fsp3) is 0.724. The molecule has 202 valence electrons. The van der Waals surface area contributed by atoms with Crippen LogP contribution in [0.15, 0.2) is 24.3 Å². The molecule has 3 rings (SSSR count). The summed E-state index contributed by atoms with van der Waals surface area (Å²) < 4.78 is 6.39. The normalized spacial score (nSPS) is 20.6. The number of hydrogen-bond acceptors (Lipinski definition) is 4.